The van der Waals surface area contributed by atoms with Crippen LogP contribution < -0.4 is 0 Å². The van der Waals surface area contributed by atoms with Crippen LogP contribution in [0.15, 0.2) is 41.0 Å². The van der Waals surface area contributed by atoms with Gasteiger partial charge in [0.1, 0.15) is 0 Å². The number of carboxylic acids is 1. The van der Waals surface area contributed by atoms with Crippen molar-refractivity contribution in [2.75, 3.05) is 13.1 Å². The van der Waals surface area contributed by atoms with Crippen molar-refractivity contribution in [3.63, 3.8) is 0 Å². The number of nitrogens with zero attached hydrogens (tertiary/aromatic N) is 1. The molecule has 5 nitrogen and oxygen atoms in total. The standard InChI is InChI=1S/C17H16ClNO4/c1-10-6-7-23-15(10)16(20)19-8-13(14(9-19)17(21)22)11-2-4-12(18)5-3-11/h2-7,13-14H,8-9H2,1H3,(H,21,22)/t13-,14+/m0/s1. The first-order chi connectivity index (χ1) is 11.0. The molecule has 2 atom stereocenters. The molecule has 1 aliphatic rings. The molecule has 1 amide bonds. The van der Waals surface area contributed by atoms with E-state index in [9.17, 15) is 14.7 Å². The summed E-state index contributed by atoms with van der Waals surface area (Å²) in [6.07, 6.45) is 1.46. The van der Waals surface area contributed by atoms with E-state index in [0.717, 1.165) is 11.1 Å². The highest BCUT2D eigenvalue weighted by Crippen LogP contribution is 2.34. The summed E-state index contributed by atoms with van der Waals surface area (Å²) in [5.74, 6) is -1.81. The molecular weight excluding hydrogens is 318 g/mol. The van der Waals surface area contributed by atoms with Crippen LogP contribution in [0.2, 0.25) is 5.02 Å². The second-order valence-corrected chi connectivity index (χ2v) is 6.18. The molecular formula is C17H16ClNO4. The summed E-state index contributed by atoms with van der Waals surface area (Å²) in [4.78, 5) is 25.7. The number of hydrogen-bond donors (Lipinski definition) is 1. The van der Waals surface area contributed by atoms with Gasteiger partial charge in [-0.25, -0.2) is 0 Å². The van der Waals surface area contributed by atoms with E-state index in [1.165, 1.54) is 6.26 Å². The summed E-state index contributed by atoms with van der Waals surface area (Å²) in [7, 11) is 0. The molecule has 0 radical (unpaired) electrons. The number of amides is 1. The lowest BCUT2D eigenvalue weighted by Gasteiger charge is -2.16. The molecule has 1 aromatic heterocycles. The molecule has 3 rings (SSSR count). The van der Waals surface area contributed by atoms with Gasteiger partial charge in [0.15, 0.2) is 5.76 Å². The van der Waals surface area contributed by atoms with E-state index in [0.29, 0.717) is 11.6 Å². The van der Waals surface area contributed by atoms with Gasteiger partial charge in [-0.15, -0.1) is 0 Å². The van der Waals surface area contributed by atoms with Crippen LogP contribution in [0.1, 0.15) is 27.6 Å². The lowest BCUT2D eigenvalue weighted by Crippen LogP contribution is -2.30. The minimum Gasteiger partial charge on any atom is -0.481 e. The summed E-state index contributed by atoms with van der Waals surface area (Å²) in [6.45, 7) is 2.30. The van der Waals surface area contributed by atoms with Gasteiger partial charge in [0, 0.05) is 29.6 Å². The maximum Gasteiger partial charge on any atom is 0.308 e. The first kappa shape index (κ1) is 15.6. The van der Waals surface area contributed by atoms with Gasteiger partial charge in [0.05, 0.1) is 12.2 Å². The van der Waals surface area contributed by atoms with Gasteiger partial charge in [-0.05, 0) is 30.7 Å². The molecule has 1 fully saturated rings. The van der Waals surface area contributed by atoms with E-state index in [1.807, 2.05) is 12.1 Å². The summed E-state index contributed by atoms with van der Waals surface area (Å²) in [5.41, 5.74) is 1.62. The molecule has 23 heavy (non-hydrogen) atoms. The number of furan rings is 1. The van der Waals surface area contributed by atoms with Crippen LogP contribution in [-0.4, -0.2) is 35.0 Å². The van der Waals surface area contributed by atoms with Gasteiger partial charge in [-0.3, -0.25) is 9.59 Å². The molecule has 6 heteroatoms. The number of benzene rings is 1. The molecule has 0 unspecified atom stereocenters. The number of carbonyl (C=O) groups is 2. The van der Waals surface area contributed by atoms with Crippen molar-refractivity contribution in [2.24, 2.45) is 5.92 Å². The van der Waals surface area contributed by atoms with Crippen LogP contribution >= 0.6 is 11.6 Å². The predicted octanol–water partition coefficient (Wildman–Crippen LogP) is 3.18. The number of carbonyl (C=O) groups excluding carboxylic acids is 1. The van der Waals surface area contributed by atoms with Crippen molar-refractivity contribution in [2.45, 2.75) is 12.8 Å². The van der Waals surface area contributed by atoms with Crippen molar-refractivity contribution >= 4 is 23.5 Å². The fraction of sp³-hybridized carbons (Fsp3) is 0.294. The molecule has 1 saturated heterocycles. The van der Waals surface area contributed by atoms with Gasteiger partial charge in [-0.2, -0.15) is 0 Å². The number of halogens is 1. The minimum absolute atomic E-state index is 0.168. The topological polar surface area (TPSA) is 70.8 Å². The Morgan fingerprint density at radius 2 is 1.91 bits per heavy atom. The molecule has 0 aliphatic carbocycles. The van der Waals surface area contributed by atoms with Gasteiger partial charge < -0.3 is 14.4 Å². The fourth-order valence-electron chi connectivity index (χ4n) is 3.00. The van der Waals surface area contributed by atoms with Crippen LogP contribution in [0.4, 0.5) is 0 Å². The first-order valence-electron chi connectivity index (χ1n) is 7.29. The maximum atomic E-state index is 12.5. The zero-order chi connectivity index (χ0) is 16.6. The highest BCUT2D eigenvalue weighted by Gasteiger charge is 2.41. The summed E-state index contributed by atoms with van der Waals surface area (Å²) >= 11 is 5.89. The number of rotatable bonds is 3. The third-order valence-corrected chi connectivity index (χ3v) is 4.53. The number of hydrogen-bond acceptors (Lipinski definition) is 3. The molecule has 2 aromatic rings. The Morgan fingerprint density at radius 1 is 1.22 bits per heavy atom. The Bertz CT molecular complexity index is 737. The van der Waals surface area contributed by atoms with E-state index < -0.39 is 11.9 Å². The van der Waals surface area contributed by atoms with Crippen LogP contribution in [0, 0.1) is 12.8 Å². The van der Waals surface area contributed by atoms with Crippen molar-refractivity contribution in [3.8, 4) is 0 Å². The number of carboxylic acid groups (broad SMARTS) is 1. The molecule has 0 bridgehead atoms. The number of aryl methyl sites for hydroxylation is 1. The molecule has 0 spiro atoms. The molecule has 120 valence electrons. The van der Waals surface area contributed by atoms with Crippen LogP contribution in [-0.2, 0) is 4.79 Å². The Kier molecular flexibility index (Phi) is 4.13. The third kappa shape index (κ3) is 2.97. The average molecular weight is 334 g/mol. The van der Waals surface area contributed by atoms with Gasteiger partial charge in [-0.1, -0.05) is 23.7 Å². The first-order valence-corrected chi connectivity index (χ1v) is 7.67. The lowest BCUT2D eigenvalue weighted by atomic mass is 9.89. The Hall–Kier alpha value is -2.27. The Morgan fingerprint density at radius 3 is 2.48 bits per heavy atom. The number of likely N-dealkylation sites (tertiary alicyclic amines) is 1. The minimum atomic E-state index is -0.906. The number of aliphatic carboxylic acids is 1. The molecule has 1 aromatic carbocycles. The van der Waals surface area contributed by atoms with Crippen molar-refractivity contribution in [1.82, 2.24) is 4.90 Å². The van der Waals surface area contributed by atoms with E-state index in [-0.39, 0.29) is 24.1 Å². The fourth-order valence-corrected chi connectivity index (χ4v) is 3.13. The largest absolute Gasteiger partial charge is 0.481 e. The van der Waals surface area contributed by atoms with E-state index in [1.54, 1.807) is 30.0 Å². The second-order valence-electron chi connectivity index (χ2n) is 5.75. The van der Waals surface area contributed by atoms with E-state index in [2.05, 4.69) is 0 Å². The maximum absolute atomic E-state index is 12.5. The summed E-state index contributed by atoms with van der Waals surface area (Å²) < 4.78 is 5.23. The van der Waals surface area contributed by atoms with Gasteiger partial charge >= 0.3 is 5.97 Å². The zero-order valence-electron chi connectivity index (χ0n) is 12.5. The summed E-state index contributed by atoms with van der Waals surface area (Å²) in [6, 6.07) is 8.81. The van der Waals surface area contributed by atoms with Crippen LogP contribution in [0.25, 0.3) is 0 Å². The highest BCUT2D eigenvalue weighted by atomic mass is 35.5. The highest BCUT2D eigenvalue weighted by molar-refractivity contribution is 6.30. The lowest BCUT2D eigenvalue weighted by molar-refractivity contribution is -0.141. The molecule has 0 saturated carbocycles. The van der Waals surface area contributed by atoms with Crippen molar-refractivity contribution in [1.29, 1.82) is 0 Å². The molecule has 1 N–H and O–H groups in total. The Labute approximate surface area is 138 Å². The average Bonchev–Trinajstić information content (AvgIpc) is 3.14. The van der Waals surface area contributed by atoms with Crippen molar-refractivity contribution in [3.05, 3.63) is 58.5 Å². The third-order valence-electron chi connectivity index (χ3n) is 4.28. The summed E-state index contributed by atoms with van der Waals surface area (Å²) in [5, 5.41) is 10.1. The predicted molar refractivity (Wildman–Crippen MR) is 84.7 cm³/mol. The SMILES string of the molecule is Cc1ccoc1C(=O)N1C[C@@H](C(=O)O)[C@H](c2ccc(Cl)cc2)C1. The van der Waals surface area contributed by atoms with Crippen LogP contribution in [0.3, 0.4) is 0 Å². The molecule has 2 heterocycles. The molecule has 1 aliphatic heterocycles. The normalized spacial score (nSPS) is 20.7. The van der Waals surface area contributed by atoms with Crippen molar-refractivity contribution < 1.29 is 19.1 Å². The van der Waals surface area contributed by atoms with Crippen LogP contribution in [0.5, 0.6) is 0 Å². The quantitative estimate of drug-likeness (QED) is 0.936. The monoisotopic (exact) mass is 333 g/mol. The zero-order valence-corrected chi connectivity index (χ0v) is 13.3. The van der Waals surface area contributed by atoms with Gasteiger partial charge in [0.2, 0.25) is 0 Å². The van der Waals surface area contributed by atoms with E-state index in [4.69, 9.17) is 16.0 Å². The smallest absolute Gasteiger partial charge is 0.308 e. The second kappa shape index (κ2) is 6.08. The van der Waals surface area contributed by atoms with E-state index >= 15 is 0 Å². The van der Waals surface area contributed by atoms with Gasteiger partial charge in [0.25, 0.3) is 5.91 Å². The Balaban J connectivity index is 1.86.